The van der Waals surface area contributed by atoms with Crippen LogP contribution in [-0.2, 0) is 7.05 Å². The molecule has 1 heterocycles. The fourth-order valence-electron chi connectivity index (χ4n) is 0.774. The zero-order valence-electron chi connectivity index (χ0n) is 8.37. The number of hydrogen-bond acceptors (Lipinski definition) is 3. The highest BCUT2D eigenvalue weighted by Gasteiger charge is 2.04. The average molecular weight is 182 g/mol. The summed E-state index contributed by atoms with van der Waals surface area (Å²) in [4.78, 5) is 21.9. The van der Waals surface area contributed by atoms with Crippen LogP contribution >= 0.6 is 0 Å². The molecule has 0 aliphatic heterocycles. The summed E-state index contributed by atoms with van der Waals surface area (Å²) in [5, 5.41) is 3.67. The normalized spacial score (nSPS) is 8.62. The molecular weight excluding hydrogens is 168 g/mol. The number of rotatable bonds is 1. The second kappa shape index (κ2) is 5.24. The third-order valence-electron chi connectivity index (χ3n) is 1.38. The number of hydrogen-bond donors (Lipinski definition) is 0. The lowest BCUT2D eigenvalue weighted by atomic mass is 10.2. The smallest absolute Gasteiger partial charge is 0.277 e. The predicted molar refractivity (Wildman–Crippen MR) is 50.8 cm³/mol. The fourth-order valence-corrected chi connectivity index (χ4v) is 0.774. The number of nitrogens with zero attached hydrogens (tertiary/aromatic N) is 2. The van der Waals surface area contributed by atoms with Gasteiger partial charge in [0, 0.05) is 13.2 Å². The lowest BCUT2D eigenvalue weighted by Crippen LogP contribution is -2.24. The molecule has 0 atom stereocenters. The largest absolute Gasteiger partial charge is 0.294 e. The van der Waals surface area contributed by atoms with Crippen molar-refractivity contribution in [1.29, 1.82) is 0 Å². The molecule has 1 rings (SSSR count). The summed E-state index contributed by atoms with van der Waals surface area (Å²) in [6.07, 6.45) is 1.43. The Morgan fingerprint density at radius 3 is 2.38 bits per heavy atom. The highest BCUT2D eigenvalue weighted by molar-refractivity contribution is 5.93. The van der Waals surface area contributed by atoms with Gasteiger partial charge in [-0.3, -0.25) is 9.59 Å². The molecule has 0 aliphatic rings. The van der Waals surface area contributed by atoms with Crippen molar-refractivity contribution in [1.82, 2.24) is 9.78 Å². The molecule has 0 unspecified atom stereocenters. The number of aryl methyl sites for hydroxylation is 1. The van der Waals surface area contributed by atoms with Crippen molar-refractivity contribution in [3.05, 3.63) is 28.2 Å². The van der Waals surface area contributed by atoms with Crippen molar-refractivity contribution in [2.24, 2.45) is 7.05 Å². The van der Waals surface area contributed by atoms with Gasteiger partial charge >= 0.3 is 0 Å². The Balaban J connectivity index is 0.000000671. The summed E-state index contributed by atoms with van der Waals surface area (Å²) in [6.45, 7) is 5.36. The minimum atomic E-state index is -0.347. The predicted octanol–water partition coefficient (Wildman–Crippen LogP) is 1.01. The van der Waals surface area contributed by atoms with Gasteiger partial charge in [0.25, 0.3) is 5.56 Å². The van der Waals surface area contributed by atoms with Crippen LogP contribution in [0.5, 0.6) is 0 Å². The van der Waals surface area contributed by atoms with Crippen molar-refractivity contribution in [3.63, 3.8) is 0 Å². The van der Waals surface area contributed by atoms with Crippen LogP contribution in [0, 0.1) is 0 Å². The first-order valence-electron chi connectivity index (χ1n) is 4.16. The van der Waals surface area contributed by atoms with Gasteiger partial charge in [0.1, 0.15) is 0 Å². The summed E-state index contributed by atoms with van der Waals surface area (Å²) >= 11 is 0. The fraction of sp³-hybridized carbons (Fsp3) is 0.444. The second-order valence-electron chi connectivity index (χ2n) is 2.23. The molecule has 0 bridgehead atoms. The third kappa shape index (κ3) is 2.82. The molecule has 4 heteroatoms. The molecule has 0 saturated carbocycles. The molecule has 0 aliphatic carbocycles. The van der Waals surface area contributed by atoms with E-state index in [1.165, 1.54) is 26.2 Å². The molecule has 0 saturated heterocycles. The number of Topliss-reactive ketones (excluding diaryl/α,β-unsaturated/α-hetero) is 1. The standard InChI is InChI=1S/C7H8N2O2.C2H6/c1-5(10)6-3-4-8-9(2)7(6)11;1-2/h3-4H,1-2H3;1-2H3. The van der Waals surface area contributed by atoms with Crippen molar-refractivity contribution >= 4 is 5.78 Å². The van der Waals surface area contributed by atoms with Crippen LogP contribution in [0.4, 0.5) is 0 Å². The summed E-state index contributed by atoms with van der Waals surface area (Å²) in [5.74, 6) is -0.229. The minimum absolute atomic E-state index is 0.183. The van der Waals surface area contributed by atoms with Crippen LogP contribution in [0.2, 0.25) is 0 Å². The van der Waals surface area contributed by atoms with Crippen molar-refractivity contribution in [2.45, 2.75) is 20.8 Å². The topological polar surface area (TPSA) is 52.0 Å². The van der Waals surface area contributed by atoms with Crippen molar-refractivity contribution < 1.29 is 4.79 Å². The maximum atomic E-state index is 11.1. The van der Waals surface area contributed by atoms with Crippen molar-refractivity contribution in [2.75, 3.05) is 0 Å². The quantitative estimate of drug-likeness (QED) is 0.609. The third-order valence-corrected chi connectivity index (χ3v) is 1.38. The Labute approximate surface area is 77.2 Å². The van der Waals surface area contributed by atoms with Crippen LogP contribution in [0.1, 0.15) is 31.1 Å². The molecule has 4 nitrogen and oxygen atoms in total. The molecule has 0 fully saturated rings. The SMILES string of the molecule is CC.CC(=O)c1ccnn(C)c1=O. The van der Waals surface area contributed by atoms with E-state index in [9.17, 15) is 9.59 Å². The average Bonchev–Trinajstić information content (AvgIpc) is 2.13. The Bertz CT molecular complexity index is 342. The maximum Gasteiger partial charge on any atom is 0.277 e. The van der Waals surface area contributed by atoms with Gasteiger partial charge in [-0.1, -0.05) is 13.8 Å². The molecular formula is C9H14N2O2. The Morgan fingerprint density at radius 2 is 2.00 bits per heavy atom. The van der Waals surface area contributed by atoms with E-state index >= 15 is 0 Å². The summed E-state index contributed by atoms with van der Waals surface area (Å²) in [6, 6.07) is 1.42. The maximum absolute atomic E-state index is 11.1. The van der Waals surface area contributed by atoms with E-state index in [0.29, 0.717) is 0 Å². The van der Waals surface area contributed by atoms with Crippen LogP contribution < -0.4 is 5.56 Å². The van der Waals surface area contributed by atoms with Gasteiger partial charge in [0.15, 0.2) is 5.78 Å². The highest BCUT2D eigenvalue weighted by atomic mass is 16.1. The molecule has 0 spiro atoms. The van der Waals surface area contributed by atoms with Gasteiger partial charge in [-0.05, 0) is 13.0 Å². The van der Waals surface area contributed by atoms with Gasteiger partial charge in [-0.15, -0.1) is 0 Å². The Kier molecular flexibility index (Phi) is 4.66. The van der Waals surface area contributed by atoms with Crippen LogP contribution in [0.25, 0.3) is 0 Å². The second-order valence-corrected chi connectivity index (χ2v) is 2.23. The van der Waals surface area contributed by atoms with E-state index in [-0.39, 0.29) is 16.9 Å². The number of carbonyl (C=O) groups is 1. The van der Waals surface area contributed by atoms with E-state index < -0.39 is 0 Å². The van der Waals surface area contributed by atoms with Crippen LogP contribution in [0.15, 0.2) is 17.1 Å². The highest BCUT2D eigenvalue weighted by Crippen LogP contribution is 1.88. The van der Waals surface area contributed by atoms with E-state index in [0.717, 1.165) is 4.68 Å². The van der Waals surface area contributed by atoms with Gasteiger partial charge < -0.3 is 0 Å². The molecule has 0 N–H and O–H groups in total. The molecule has 0 amide bonds. The monoisotopic (exact) mass is 182 g/mol. The Morgan fingerprint density at radius 1 is 1.46 bits per heavy atom. The summed E-state index contributed by atoms with van der Waals surface area (Å²) in [7, 11) is 1.51. The van der Waals surface area contributed by atoms with E-state index in [4.69, 9.17) is 0 Å². The van der Waals surface area contributed by atoms with E-state index in [2.05, 4.69) is 5.10 Å². The molecule has 1 aromatic rings. The summed E-state index contributed by atoms with van der Waals surface area (Å²) in [5.41, 5.74) is -0.164. The van der Waals surface area contributed by atoms with E-state index in [1.807, 2.05) is 13.8 Å². The van der Waals surface area contributed by atoms with Gasteiger partial charge in [0.2, 0.25) is 0 Å². The lowest BCUT2D eigenvalue weighted by molar-refractivity contribution is 0.101. The molecule has 72 valence electrons. The number of ketones is 1. The van der Waals surface area contributed by atoms with E-state index in [1.54, 1.807) is 0 Å². The minimum Gasteiger partial charge on any atom is -0.294 e. The van der Waals surface area contributed by atoms with Gasteiger partial charge in [0.05, 0.1) is 5.56 Å². The number of aromatic nitrogens is 2. The van der Waals surface area contributed by atoms with Gasteiger partial charge in [-0.25, -0.2) is 4.68 Å². The first-order valence-corrected chi connectivity index (χ1v) is 4.16. The zero-order valence-corrected chi connectivity index (χ0v) is 8.37. The van der Waals surface area contributed by atoms with Gasteiger partial charge in [-0.2, -0.15) is 5.10 Å². The summed E-state index contributed by atoms with van der Waals surface area (Å²) < 4.78 is 1.14. The number of carbonyl (C=O) groups excluding carboxylic acids is 1. The zero-order chi connectivity index (χ0) is 10.4. The van der Waals surface area contributed by atoms with Crippen LogP contribution in [0.3, 0.4) is 0 Å². The molecule has 0 aromatic carbocycles. The molecule has 1 aromatic heterocycles. The molecule has 0 radical (unpaired) electrons. The Hall–Kier alpha value is -1.45. The molecule has 13 heavy (non-hydrogen) atoms. The first-order chi connectivity index (χ1) is 6.13. The lowest BCUT2D eigenvalue weighted by Gasteiger charge is -1.96. The van der Waals surface area contributed by atoms with Crippen LogP contribution in [-0.4, -0.2) is 15.6 Å². The van der Waals surface area contributed by atoms with Crippen molar-refractivity contribution in [3.8, 4) is 0 Å². The first kappa shape index (κ1) is 11.6.